The number of halogens is 1. The molecule has 0 aliphatic carbocycles. The molecule has 1 aromatic carbocycles. The Morgan fingerprint density at radius 3 is 2.28 bits per heavy atom. The number of hydrogen-bond donors (Lipinski definition) is 0. The number of nitrogens with zero attached hydrogens (tertiary/aromatic N) is 5. The molecule has 4 heterocycles. The number of anilines is 1. The first kappa shape index (κ1) is 27.4. The average Bonchev–Trinajstić information content (AvgIpc) is 3.25. The molecule has 5 rings (SSSR count). The first-order valence-corrected chi connectivity index (χ1v) is 15.1. The number of ether oxygens (including phenoxy) is 1. The molecule has 1 aliphatic heterocycles. The van der Waals surface area contributed by atoms with E-state index in [0.29, 0.717) is 31.8 Å². The highest BCUT2D eigenvalue weighted by atomic mass is 127. The van der Waals surface area contributed by atoms with E-state index in [4.69, 9.17) is 4.74 Å². The van der Waals surface area contributed by atoms with Gasteiger partial charge in [0, 0.05) is 53.1 Å². The molecule has 3 aromatic heterocycles. The van der Waals surface area contributed by atoms with Crippen molar-refractivity contribution in [2.75, 3.05) is 31.1 Å². The lowest BCUT2D eigenvalue weighted by atomic mass is 10.1. The van der Waals surface area contributed by atoms with Crippen LogP contribution in [-0.2, 0) is 14.8 Å². The Bertz CT molecular complexity index is 1620. The van der Waals surface area contributed by atoms with Crippen LogP contribution < -0.4 is 4.90 Å². The molecule has 11 heteroatoms. The van der Waals surface area contributed by atoms with Crippen LogP contribution >= 0.6 is 22.6 Å². The Balaban J connectivity index is 1.33. The van der Waals surface area contributed by atoms with E-state index in [1.54, 1.807) is 41.6 Å². The minimum Gasteiger partial charge on any atom is -0.444 e. The number of benzene rings is 1. The number of carbonyl (C=O) groups is 1. The van der Waals surface area contributed by atoms with Crippen molar-refractivity contribution in [2.45, 2.75) is 38.2 Å². The molecule has 0 N–H and O–H groups in total. The van der Waals surface area contributed by atoms with E-state index in [-0.39, 0.29) is 11.0 Å². The summed E-state index contributed by atoms with van der Waals surface area (Å²) in [6, 6.07) is 12.7. The van der Waals surface area contributed by atoms with Crippen LogP contribution in [0, 0.1) is 10.5 Å². The average molecular weight is 660 g/mol. The minimum atomic E-state index is -3.78. The summed E-state index contributed by atoms with van der Waals surface area (Å²) in [6.45, 7) is 10.1. The molecule has 0 atom stereocenters. The molecule has 0 spiro atoms. The van der Waals surface area contributed by atoms with Gasteiger partial charge in [-0.3, -0.25) is 4.98 Å². The highest BCUT2D eigenvalue weighted by molar-refractivity contribution is 14.1. The highest BCUT2D eigenvalue weighted by Crippen LogP contribution is 2.30. The second-order valence-electron chi connectivity index (χ2n) is 10.5. The van der Waals surface area contributed by atoms with Gasteiger partial charge in [-0.1, -0.05) is 17.7 Å². The van der Waals surface area contributed by atoms with E-state index in [0.717, 1.165) is 31.5 Å². The van der Waals surface area contributed by atoms with Crippen molar-refractivity contribution in [3.63, 3.8) is 0 Å². The maximum Gasteiger partial charge on any atom is 0.410 e. The zero-order valence-corrected chi connectivity index (χ0v) is 25.2. The van der Waals surface area contributed by atoms with Gasteiger partial charge in [0.1, 0.15) is 5.60 Å². The summed E-state index contributed by atoms with van der Waals surface area (Å²) in [4.78, 5) is 25.7. The number of aromatic nitrogens is 3. The number of amides is 1. The van der Waals surface area contributed by atoms with Crippen molar-refractivity contribution in [1.82, 2.24) is 18.8 Å². The van der Waals surface area contributed by atoms with Gasteiger partial charge < -0.3 is 14.5 Å². The number of piperazine rings is 1. The number of fused-ring (bicyclic) bond motifs is 1. The highest BCUT2D eigenvalue weighted by Gasteiger charge is 2.26. The molecular formula is C28H30IN5O4S. The third-order valence-corrected chi connectivity index (χ3v) is 9.01. The number of pyridine rings is 2. The Morgan fingerprint density at radius 2 is 1.67 bits per heavy atom. The van der Waals surface area contributed by atoms with Crippen LogP contribution in [0.1, 0.15) is 26.3 Å². The van der Waals surface area contributed by atoms with Crippen molar-refractivity contribution in [3.8, 4) is 11.3 Å². The molecule has 204 valence electrons. The third-order valence-electron chi connectivity index (χ3n) is 6.48. The van der Waals surface area contributed by atoms with E-state index < -0.39 is 15.6 Å². The van der Waals surface area contributed by atoms with E-state index in [9.17, 15) is 13.2 Å². The quantitative estimate of drug-likeness (QED) is 0.274. The summed E-state index contributed by atoms with van der Waals surface area (Å²) < 4.78 is 34.1. The topological polar surface area (TPSA) is 97.6 Å². The molecule has 0 saturated carbocycles. The second-order valence-corrected chi connectivity index (χ2v) is 13.5. The number of carbonyl (C=O) groups excluding carboxylic acids is 1. The molecule has 1 amide bonds. The second kappa shape index (κ2) is 10.4. The van der Waals surface area contributed by atoms with Crippen molar-refractivity contribution in [3.05, 3.63) is 70.2 Å². The van der Waals surface area contributed by atoms with Crippen LogP contribution in [0.5, 0.6) is 0 Å². The van der Waals surface area contributed by atoms with Gasteiger partial charge in [-0.15, -0.1) is 0 Å². The fourth-order valence-electron chi connectivity index (χ4n) is 4.41. The summed E-state index contributed by atoms with van der Waals surface area (Å²) in [5.74, 6) is 0. The maximum absolute atomic E-state index is 13.3. The van der Waals surface area contributed by atoms with Crippen molar-refractivity contribution >= 4 is 55.4 Å². The normalized spacial score (nSPS) is 14.6. The zero-order chi connectivity index (χ0) is 27.9. The Hall–Kier alpha value is -3.19. The lowest BCUT2D eigenvalue weighted by Crippen LogP contribution is -2.50. The van der Waals surface area contributed by atoms with Crippen molar-refractivity contribution < 1.29 is 17.9 Å². The van der Waals surface area contributed by atoms with Crippen LogP contribution in [0.3, 0.4) is 0 Å². The van der Waals surface area contributed by atoms with Gasteiger partial charge >= 0.3 is 6.09 Å². The lowest BCUT2D eigenvalue weighted by Gasteiger charge is -2.36. The largest absolute Gasteiger partial charge is 0.444 e. The Morgan fingerprint density at radius 1 is 0.974 bits per heavy atom. The summed E-state index contributed by atoms with van der Waals surface area (Å²) in [7, 11) is -3.78. The van der Waals surface area contributed by atoms with Crippen LogP contribution in [-0.4, -0.2) is 65.1 Å². The monoisotopic (exact) mass is 659 g/mol. The van der Waals surface area contributed by atoms with Crippen molar-refractivity contribution in [1.29, 1.82) is 0 Å². The van der Waals surface area contributed by atoms with Gasteiger partial charge in [0.05, 0.1) is 22.5 Å². The SMILES string of the molecule is Cc1ccc(S(=O)(=O)n2cc(I)c3cc(-c4ccc(N5CCN(C(=O)OC(C)(C)C)CC5)cn4)cnc32)cc1. The molecule has 0 bridgehead atoms. The Labute approximate surface area is 242 Å². The van der Waals surface area contributed by atoms with Crippen LogP contribution in [0.4, 0.5) is 10.5 Å². The van der Waals surface area contributed by atoms with Crippen LogP contribution in [0.2, 0.25) is 0 Å². The third kappa shape index (κ3) is 5.74. The Kier molecular flexibility index (Phi) is 7.31. The van der Waals surface area contributed by atoms with E-state index in [1.807, 2.05) is 52.1 Å². The van der Waals surface area contributed by atoms with Gasteiger partial charge in [0.2, 0.25) is 0 Å². The maximum atomic E-state index is 13.3. The molecule has 0 unspecified atom stereocenters. The first-order valence-electron chi connectivity index (χ1n) is 12.6. The van der Waals surface area contributed by atoms with Gasteiger partial charge in [0.15, 0.2) is 5.65 Å². The smallest absolute Gasteiger partial charge is 0.410 e. The number of rotatable bonds is 4. The number of hydrogen-bond acceptors (Lipinski definition) is 7. The fourth-order valence-corrected chi connectivity index (χ4v) is 6.60. The molecule has 39 heavy (non-hydrogen) atoms. The molecule has 1 aliphatic rings. The summed E-state index contributed by atoms with van der Waals surface area (Å²) in [5, 5.41) is 0.743. The van der Waals surface area contributed by atoms with E-state index in [1.165, 1.54) is 3.97 Å². The van der Waals surface area contributed by atoms with Gasteiger partial charge in [-0.05, 0) is 80.6 Å². The summed E-state index contributed by atoms with van der Waals surface area (Å²) in [5.41, 5.74) is 3.37. The molecule has 0 radical (unpaired) electrons. The number of aryl methyl sites for hydroxylation is 1. The lowest BCUT2D eigenvalue weighted by molar-refractivity contribution is 0.0240. The molecule has 4 aromatic rings. The predicted octanol–water partition coefficient (Wildman–Crippen LogP) is 5.31. The molecular weight excluding hydrogens is 629 g/mol. The van der Waals surface area contributed by atoms with Crippen molar-refractivity contribution in [2.24, 2.45) is 0 Å². The summed E-state index contributed by atoms with van der Waals surface area (Å²) in [6.07, 6.45) is 4.79. The fraction of sp³-hybridized carbons (Fsp3) is 0.321. The molecule has 1 saturated heterocycles. The van der Waals surface area contributed by atoms with Gasteiger partial charge in [-0.2, -0.15) is 0 Å². The van der Waals surface area contributed by atoms with Gasteiger partial charge in [0.25, 0.3) is 10.0 Å². The summed E-state index contributed by atoms with van der Waals surface area (Å²) >= 11 is 2.14. The van der Waals surface area contributed by atoms with E-state index in [2.05, 4.69) is 37.5 Å². The first-order chi connectivity index (χ1) is 18.4. The minimum absolute atomic E-state index is 0.219. The zero-order valence-electron chi connectivity index (χ0n) is 22.3. The van der Waals surface area contributed by atoms with E-state index >= 15 is 0 Å². The van der Waals surface area contributed by atoms with Crippen LogP contribution in [0.25, 0.3) is 22.3 Å². The standard InChI is InChI=1S/C28H30IN5O4S/c1-19-5-8-22(9-6-19)39(36,37)34-18-24(29)23-15-20(16-31-26(23)34)25-10-7-21(17-30-25)32-11-13-33(14-12-32)27(35)38-28(2,3)4/h5-10,15-18H,11-14H2,1-4H3. The predicted molar refractivity (Wildman–Crippen MR) is 159 cm³/mol. The molecule has 9 nitrogen and oxygen atoms in total. The molecule has 1 fully saturated rings. The van der Waals surface area contributed by atoms with Gasteiger partial charge in [-0.25, -0.2) is 22.2 Å². The van der Waals surface area contributed by atoms with Crippen LogP contribution in [0.15, 0.2) is 66.0 Å².